The summed E-state index contributed by atoms with van der Waals surface area (Å²) in [5.74, 6) is 0. The number of aliphatic hydroxyl groups excluding tert-OH is 1. The zero-order valence-corrected chi connectivity index (χ0v) is 10.7. The Morgan fingerprint density at radius 3 is 2.38 bits per heavy atom. The molecule has 0 aromatic rings. The van der Waals surface area contributed by atoms with E-state index in [1.807, 2.05) is 13.8 Å². The largest absolute Gasteiger partial charge is 0.395 e. The lowest BCUT2D eigenvalue weighted by Gasteiger charge is -2.34. The van der Waals surface area contributed by atoms with Crippen LogP contribution in [0, 0.1) is 0 Å². The van der Waals surface area contributed by atoms with Crippen LogP contribution in [-0.4, -0.2) is 55.8 Å². The molecule has 0 spiro atoms. The standard InChI is InChI=1S/C9H20N2O4S/c1-7(6-12)10-16(13,14)11-4-8(2)15-9(3)5-11/h7-10,12H,4-6H2,1-3H3/t7-,8?,9?/m0/s1. The van der Waals surface area contributed by atoms with Crippen molar-refractivity contribution in [2.45, 2.75) is 39.0 Å². The summed E-state index contributed by atoms with van der Waals surface area (Å²) < 4.78 is 33.0. The quantitative estimate of drug-likeness (QED) is 0.694. The highest BCUT2D eigenvalue weighted by Crippen LogP contribution is 2.13. The fourth-order valence-corrected chi connectivity index (χ4v) is 3.24. The summed E-state index contributed by atoms with van der Waals surface area (Å²) in [6.07, 6.45) is -0.213. The maximum atomic E-state index is 11.9. The molecule has 0 aliphatic carbocycles. The molecule has 0 saturated carbocycles. The van der Waals surface area contributed by atoms with Crippen LogP contribution in [0.15, 0.2) is 0 Å². The van der Waals surface area contributed by atoms with Gasteiger partial charge >= 0.3 is 0 Å². The van der Waals surface area contributed by atoms with Gasteiger partial charge in [0.2, 0.25) is 0 Å². The molecule has 6 nitrogen and oxygen atoms in total. The van der Waals surface area contributed by atoms with E-state index in [0.717, 1.165) is 0 Å². The van der Waals surface area contributed by atoms with E-state index in [4.69, 9.17) is 9.84 Å². The van der Waals surface area contributed by atoms with Gasteiger partial charge < -0.3 is 9.84 Å². The number of rotatable bonds is 4. The Labute approximate surface area is 96.8 Å². The van der Waals surface area contributed by atoms with Gasteiger partial charge in [0.1, 0.15) is 0 Å². The molecule has 96 valence electrons. The molecule has 0 amide bonds. The third-order valence-corrected chi connectivity index (χ3v) is 4.03. The molecule has 1 aliphatic heterocycles. The second-order valence-corrected chi connectivity index (χ2v) is 5.98. The van der Waals surface area contributed by atoms with Gasteiger partial charge in [0.25, 0.3) is 10.2 Å². The molecule has 2 unspecified atom stereocenters. The molecule has 1 rings (SSSR count). The zero-order chi connectivity index (χ0) is 12.3. The maximum absolute atomic E-state index is 11.9. The van der Waals surface area contributed by atoms with Gasteiger partial charge in [0, 0.05) is 19.1 Å². The molecule has 0 radical (unpaired) electrons. The minimum atomic E-state index is -3.52. The fraction of sp³-hybridized carbons (Fsp3) is 1.00. The third kappa shape index (κ3) is 3.67. The predicted octanol–water partition coefficient (Wildman–Crippen LogP) is -0.689. The van der Waals surface area contributed by atoms with Gasteiger partial charge in [-0.05, 0) is 20.8 Å². The molecule has 0 aromatic heterocycles. The number of hydrogen-bond donors (Lipinski definition) is 2. The summed E-state index contributed by atoms with van der Waals surface area (Å²) in [4.78, 5) is 0. The highest BCUT2D eigenvalue weighted by Gasteiger charge is 2.31. The average Bonchev–Trinajstić information content (AvgIpc) is 2.15. The molecule has 7 heteroatoms. The van der Waals surface area contributed by atoms with Crippen LogP contribution in [0.3, 0.4) is 0 Å². The molecule has 1 aliphatic rings. The summed E-state index contributed by atoms with van der Waals surface area (Å²) in [5.41, 5.74) is 0. The van der Waals surface area contributed by atoms with E-state index < -0.39 is 16.3 Å². The minimum Gasteiger partial charge on any atom is -0.395 e. The second kappa shape index (κ2) is 5.42. The van der Waals surface area contributed by atoms with Crippen LogP contribution < -0.4 is 4.72 Å². The first-order valence-electron chi connectivity index (χ1n) is 5.39. The van der Waals surface area contributed by atoms with Gasteiger partial charge in [-0.1, -0.05) is 0 Å². The number of hydrogen-bond acceptors (Lipinski definition) is 4. The van der Waals surface area contributed by atoms with Crippen molar-refractivity contribution >= 4 is 10.2 Å². The van der Waals surface area contributed by atoms with Gasteiger partial charge in [-0.25, -0.2) is 0 Å². The molecule has 0 aromatic carbocycles. The maximum Gasteiger partial charge on any atom is 0.279 e. The number of morpholine rings is 1. The Morgan fingerprint density at radius 1 is 1.44 bits per heavy atom. The summed E-state index contributed by atoms with van der Waals surface area (Å²) in [5, 5.41) is 8.83. The Bertz CT molecular complexity index is 309. The highest BCUT2D eigenvalue weighted by molar-refractivity contribution is 7.87. The van der Waals surface area contributed by atoms with Crippen molar-refractivity contribution in [1.29, 1.82) is 0 Å². The fourth-order valence-electron chi connectivity index (χ4n) is 1.69. The Kier molecular flexibility index (Phi) is 4.69. The molecule has 1 heterocycles. The number of nitrogens with one attached hydrogen (secondary N) is 1. The van der Waals surface area contributed by atoms with E-state index >= 15 is 0 Å². The van der Waals surface area contributed by atoms with Crippen LogP contribution in [0.2, 0.25) is 0 Å². The molecular formula is C9H20N2O4S. The van der Waals surface area contributed by atoms with Crippen molar-refractivity contribution in [2.75, 3.05) is 19.7 Å². The highest BCUT2D eigenvalue weighted by atomic mass is 32.2. The molecule has 16 heavy (non-hydrogen) atoms. The van der Waals surface area contributed by atoms with Crippen LogP contribution in [0.1, 0.15) is 20.8 Å². The van der Waals surface area contributed by atoms with Gasteiger partial charge in [0.15, 0.2) is 0 Å². The first kappa shape index (κ1) is 13.9. The topological polar surface area (TPSA) is 78.9 Å². The van der Waals surface area contributed by atoms with E-state index in [1.54, 1.807) is 6.92 Å². The van der Waals surface area contributed by atoms with Gasteiger partial charge in [-0.15, -0.1) is 0 Å². The first-order valence-corrected chi connectivity index (χ1v) is 6.83. The Hall–Kier alpha value is -0.210. The molecule has 2 N–H and O–H groups in total. The zero-order valence-electron chi connectivity index (χ0n) is 9.88. The molecule has 1 fully saturated rings. The average molecular weight is 252 g/mol. The van der Waals surface area contributed by atoms with Crippen LogP contribution in [-0.2, 0) is 14.9 Å². The number of aliphatic hydroxyl groups is 1. The summed E-state index contributed by atoms with van der Waals surface area (Å²) in [6, 6.07) is -0.474. The van der Waals surface area contributed by atoms with E-state index in [0.29, 0.717) is 13.1 Å². The van der Waals surface area contributed by atoms with Crippen molar-refractivity contribution in [3.63, 3.8) is 0 Å². The number of ether oxygens (including phenoxy) is 1. The summed E-state index contributed by atoms with van der Waals surface area (Å²) in [6.45, 7) is 5.77. The minimum absolute atomic E-state index is 0.107. The van der Waals surface area contributed by atoms with Gasteiger partial charge in [-0.3, -0.25) is 0 Å². The first-order chi connectivity index (χ1) is 7.35. The Balaban J connectivity index is 2.67. The lowest BCUT2D eigenvalue weighted by Crippen LogP contribution is -2.53. The number of nitrogens with zero attached hydrogens (tertiary/aromatic N) is 1. The van der Waals surface area contributed by atoms with Crippen LogP contribution in [0.5, 0.6) is 0 Å². The monoisotopic (exact) mass is 252 g/mol. The van der Waals surface area contributed by atoms with Gasteiger partial charge in [0.05, 0.1) is 18.8 Å². The van der Waals surface area contributed by atoms with Crippen molar-refractivity contribution < 1.29 is 18.3 Å². The molecule has 3 atom stereocenters. The van der Waals surface area contributed by atoms with Crippen molar-refractivity contribution in [3.05, 3.63) is 0 Å². The lowest BCUT2D eigenvalue weighted by molar-refractivity contribution is -0.0444. The van der Waals surface area contributed by atoms with Crippen molar-refractivity contribution in [1.82, 2.24) is 9.03 Å². The van der Waals surface area contributed by atoms with E-state index in [-0.39, 0.29) is 18.8 Å². The second-order valence-electron chi connectivity index (χ2n) is 4.28. The molecular weight excluding hydrogens is 232 g/mol. The smallest absolute Gasteiger partial charge is 0.279 e. The predicted molar refractivity (Wildman–Crippen MR) is 60.2 cm³/mol. The summed E-state index contributed by atoms with van der Waals surface area (Å²) >= 11 is 0. The van der Waals surface area contributed by atoms with Crippen LogP contribution in [0.25, 0.3) is 0 Å². The van der Waals surface area contributed by atoms with Gasteiger partial charge in [-0.2, -0.15) is 17.4 Å². The van der Waals surface area contributed by atoms with Crippen molar-refractivity contribution in [2.24, 2.45) is 0 Å². The van der Waals surface area contributed by atoms with E-state index in [1.165, 1.54) is 4.31 Å². The molecule has 1 saturated heterocycles. The third-order valence-electron chi connectivity index (χ3n) is 2.35. The SMILES string of the molecule is CC1CN(S(=O)(=O)N[C@@H](C)CO)CC(C)O1. The Morgan fingerprint density at radius 2 is 1.94 bits per heavy atom. The van der Waals surface area contributed by atoms with Crippen LogP contribution >= 0.6 is 0 Å². The normalized spacial score (nSPS) is 30.2. The van der Waals surface area contributed by atoms with E-state index in [2.05, 4.69) is 4.72 Å². The lowest BCUT2D eigenvalue weighted by atomic mass is 10.3. The van der Waals surface area contributed by atoms with Crippen molar-refractivity contribution in [3.8, 4) is 0 Å². The molecule has 0 bridgehead atoms. The van der Waals surface area contributed by atoms with E-state index in [9.17, 15) is 8.42 Å². The van der Waals surface area contributed by atoms with Crippen LogP contribution in [0.4, 0.5) is 0 Å². The summed E-state index contributed by atoms with van der Waals surface area (Å²) in [7, 11) is -3.52.